The summed E-state index contributed by atoms with van der Waals surface area (Å²) in [6, 6.07) is 0. The van der Waals surface area contributed by atoms with E-state index in [0.29, 0.717) is 12.5 Å². The molecule has 1 heterocycles. The van der Waals surface area contributed by atoms with E-state index in [1.165, 1.54) is 0 Å². The highest BCUT2D eigenvalue weighted by molar-refractivity contribution is 7.09. The lowest BCUT2D eigenvalue weighted by atomic mass is 9.93. The van der Waals surface area contributed by atoms with Crippen molar-refractivity contribution in [1.29, 1.82) is 0 Å². The van der Waals surface area contributed by atoms with Crippen molar-refractivity contribution in [2.45, 2.75) is 45.6 Å². The van der Waals surface area contributed by atoms with E-state index in [0.717, 1.165) is 30.0 Å². The zero-order valence-electron chi connectivity index (χ0n) is 11.9. The maximum absolute atomic E-state index is 12.3. The Bertz CT molecular complexity index is 464. The molecule has 0 fully saturated rings. The average molecular weight is 278 g/mol. The van der Waals surface area contributed by atoms with Crippen molar-refractivity contribution in [2.24, 2.45) is 5.92 Å². The number of amides is 1. The number of carbonyl (C=O) groups excluding carboxylic acids is 1. The lowest BCUT2D eigenvalue weighted by Gasteiger charge is -2.23. The number of carbonyl (C=O) groups is 1. The van der Waals surface area contributed by atoms with Crippen LogP contribution in [0, 0.1) is 5.92 Å². The lowest BCUT2D eigenvalue weighted by Crippen LogP contribution is -2.33. The highest BCUT2D eigenvalue weighted by atomic mass is 32.1. The topological polar surface area (TPSA) is 33.2 Å². The van der Waals surface area contributed by atoms with Gasteiger partial charge in [-0.05, 0) is 19.3 Å². The Morgan fingerprint density at radius 3 is 2.89 bits per heavy atom. The third-order valence-corrected chi connectivity index (χ3v) is 4.65. The second kappa shape index (κ2) is 6.33. The van der Waals surface area contributed by atoms with E-state index >= 15 is 0 Å². The lowest BCUT2D eigenvalue weighted by molar-refractivity contribution is -0.135. The van der Waals surface area contributed by atoms with Gasteiger partial charge in [0.1, 0.15) is 0 Å². The van der Waals surface area contributed by atoms with Crippen LogP contribution in [-0.2, 0) is 11.3 Å². The standard InChI is InChI=1S/C15H22N2OS/c1-11(2)14-16-13(10-19-14)9-17(3)15(18)12-7-5-4-6-8-12/h4-5,10-12H,6-9H2,1-3H3/t12-/m1/s1. The van der Waals surface area contributed by atoms with Gasteiger partial charge in [-0.1, -0.05) is 26.0 Å². The highest BCUT2D eigenvalue weighted by Gasteiger charge is 2.22. The summed E-state index contributed by atoms with van der Waals surface area (Å²) in [6.45, 7) is 4.92. The van der Waals surface area contributed by atoms with Crippen LogP contribution in [0.4, 0.5) is 0 Å². The minimum absolute atomic E-state index is 0.165. The molecule has 19 heavy (non-hydrogen) atoms. The van der Waals surface area contributed by atoms with Crippen molar-refractivity contribution in [3.8, 4) is 0 Å². The van der Waals surface area contributed by atoms with Crippen LogP contribution >= 0.6 is 11.3 Å². The van der Waals surface area contributed by atoms with Gasteiger partial charge in [-0.3, -0.25) is 4.79 Å². The van der Waals surface area contributed by atoms with E-state index in [2.05, 4.69) is 36.4 Å². The molecular weight excluding hydrogens is 256 g/mol. The van der Waals surface area contributed by atoms with Gasteiger partial charge in [-0.2, -0.15) is 0 Å². The first-order valence-electron chi connectivity index (χ1n) is 6.92. The minimum atomic E-state index is 0.165. The molecule has 1 amide bonds. The Morgan fingerprint density at radius 2 is 2.32 bits per heavy atom. The van der Waals surface area contributed by atoms with Gasteiger partial charge in [0.25, 0.3) is 0 Å². The fraction of sp³-hybridized carbons (Fsp3) is 0.600. The molecule has 0 aliphatic heterocycles. The average Bonchev–Trinajstić information content (AvgIpc) is 2.87. The molecule has 0 saturated heterocycles. The molecule has 2 rings (SSSR count). The normalized spacial score (nSPS) is 18.8. The van der Waals surface area contributed by atoms with Crippen molar-refractivity contribution in [2.75, 3.05) is 7.05 Å². The molecule has 0 spiro atoms. The van der Waals surface area contributed by atoms with Crippen molar-refractivity contribution in [3.05, 3.63) is 28.2 Å². The zero-order valence-corrected chi connectivity index (χ0v) is 12.7. The third-order valence-electron chi connectivity index (χ3n) is 3.46. The van der Waals surface area contributed by atoms with Gasteiger partial charge < -0.3 is 4.90 Å². The predicted octanol–water partition coefficient (Wildman–Crippen LogP) is 3.58. The molecule has 1 aliphatic carbocycles. The summed E-state index contributed by atoms with van der Waals surface area (Å²) < 4.78 is 0. The van der Waals surface area contributed by atoms with E-state index in [4.69, 9.17) is 0 Å². The number of allylic oxidation sites excluding steroid dienone is 2. The van der Waals surface area contributed by atoms with Crippen molar-refractivity contribution < 1.29 is 4.79 Å². The molecule has 0 N–H and O–H groups in total. The van der Waals surface area contributed by atoms with Gasteiger partial charge in [0, 0.05) is 24.3 Å². The number of thiazole rings is 1. The molecule has 1 aliphatic rings. The predicted molar refractivity (Wildman–Crippen MR) is 79.2 cm³/mol. The Labute approximate surface area is 119 Å². The summed E-state index contributed by atoms with van der Waals surface area (Å²) in [4.78, 5) is 18.7. The molecule has 3 nitrogen and oxygen atoms in total. The van der Waals surface area contributed by atoms with Gasteiger partial charge in [-0.15, -0.1) is 11.3 Å². The van der Waals surface area contributed by atoms with Crippen LogP contribution in [0.3, 0.4) is 0 Å². The number of hydrogen-bond donors (Lipinski definition) is 0. The van der Waals surface area contributed by atoms with Gasteiger partial charge in [0.05, 0.1) is 17.2 Å². The maximum Gasteiger partial charge on any atom is 0.226 e. The van der Waals surface area contributed by atoms with Crippen LogP contribution in [0.5, 0.6) is 0 Å². The van der Waals surface area contributed by atoms with Crippen LogP contribution in [0.15, 0.2) is 17.5 Å². The van der Waals surface area contributed by atoms with Crippen LogP contribution < -0.4 is 0 Å². The van der Waals surface area contributed by atoms with E-state index in [1.54, 1.807) is 11.3 Å². The first kappa shape index (κ1) is 14.3. The molecule has 0 saturated carbocycles. The summed E-state index contributed by atoms with van der Waals surface area (Å²) in [7, 11) is 1.88. The second-order valence-corrected chi connectivity index (χ2v) is 6.40. The Balaban J connectivity index is 1.93. The Kier molecular flexibility index (Phi) is 4.75. The van der Waals surface area contributed by atoms with E-state index in [1.807, 2.05) is 11.9 Å². The molecule has 0 bridgehead atoms. The molecule has 104 valence electrons. The first-order chi connectivity index (χ1) is 9.08. The fourth-order valence-corrected chi connectivity index (χ4v) is 3.14. The van der Waals surface area contributed by atoms with Gasteiger partial charge in [-0.25, -0.2) is 4.98 Å². The molecule has 1 atom stereocenters. The minimum Gasteiger partial charge on any atom is -0.340 e. The van der Waals surface area contributed by atoms with E-state index in [-0.39, 0.29) is 11.8 Å². The van der Waals surface area contributed by atoms with Gasteiger partial charge in [0.15, 0.2) is 0 Å². The number of rotatable bonds is 4. The van der Waals surface area contributed by atoms with Gasteiger partial charge >= 0.3 is 0 Å². The zero-order chi connectivity index (χ0) is 13.8. The molecule has 0 aromatic carbocycles. The van der Waals surface area contributed by atoms with Gasteiger partial charge in [0.2, 0.25) is 5.91 Å². The SMILES string of the molecule is CC(C)c1nc(CN(C)C(=O)[C@@H]2CC=CCC2)cs1. The smallest absolute Gasteiger partial charge is 0.226 e. The quantitative estimate of drug-likeness (QED) is 0.789. The van der Waals surface area contributed by atoms with E-state index < -0.39 is 0 Å². The summed E-state index contributed by atoms with van der Waals surface area (Å²) in [6.07, 6.45) is 7.18. The summed E-state index contributed by atoms with van der Waals surface area (Å²) >= 11 is 1.69. The first-order valence-corrected chi connectivity index (χ1v) is 7.80. The third kappa shape index (κ3) is 3.66. The Hall–Kier alpha value is -1.16. The summed E-state index contributed by atoms with van der Waals surface area (Å²) in [5, 5.41) is 3.22. The van der Waals surface area contributed by atoms with Crippen molar-refractivity contribution in [3.63, 3.8) is 0 Å². The van der Waals surface area contributed by atoms with Crippen LogP contribution in [0.1, 0.15) is 49.7 Å². The van der Waals surface area contributed by atoms with Crippen molar-refractivity contribution in [1.82, 2.24) is 9.88 Å². The van der Waals surface area contributed by atoms with Crippen LogP contribution in [-0.4, -0.2) is 22.8 Å². The van der Waals surface area contributed by atoms with Crippen molar-refractivity contribution >= 4 is 17.2 Å². The molecular formula is C15H22N2OS. The highest BCUT2D eigenvalue weighted by Crippen LogP contribution is 2.22. The summed E-state index contributed by atoms with van der Waals surface area (Å²) in [5.41, 5.74) is 1.01. The summed E-state index contributed by atoms with van der Waals surface area (Å²) in [5.74, 6) is 0.880. The van der Waals surface area contributed by atoms with Crippen LogP contribution in [0.25, 0.3) is 0 Å². The molecule has 0 radical (unpaired) electrons. The fourth-order valence-electron chi connectivity index (χ4n) is 2.31. The van der Waals surface area contributed by atoms with E-state index in [9.17, 15) is 4.79 Å². The molecule has 1 aromatic rings. The number of aromatic nitrogens is 1. The number of hydrogen-bond acceptors (Lipinski definition) is 3. The molecule has 0 unspecified atom stereocenters. The largest absolute Gasteiger partial charge is 0.340 e. The second-order valence-electron chi connectivity index (χ2n) is 5.51. The molecule has 4 heteroatoms. The number of nitrogens with zero attached hydrogens (tertiary/aromatic N) is 2. The van der Waals surface area contributed by atoms with Crippen LogP contribution in [0.2, 0.25) is 0 Å². The molecule has 1 aromatic heterocycles. The Morgan fingerprint density at radius 1 is 1.53 bits per heavy atom. The maximum atomic E-state index is 12.3. The monoisotopic (exact) mass is 278 g/mol.